The van der Waals surface area contributed by atoms with Crippen molar-refractivity contribution in [3.8, 4) is 0 Å². The molecule has 0 aliphatic carbocycles. The summed E-state index contributed by atoms with van der Waals surface area (Å²) in [5.41, 5.74) is 0. The highest BCUT2D eigenvalue weighted by Crippen LogP contribution is 2.26. The minimum absolute atomic E-state index is 0.149. The number of ether oxygens (including phenoxy) is 2. The van der Waals surface area contributed by atoms with Crippen LogP contribution in [0.15, 0.2) is 36.5 Å². The Bertz CT molecular complexity index is 1010. The Morgan fingerprint density at radius 2 is 1.46 bits per heavy atom. The highest BCUT2D eigenvalue weighted by molar-refractivity contribution is 7.80. The third-order valence-corrected chi connectivity index (χ3v) is 7.97. The van der Waals surface area contributed by atoms with Gasteiger partial charge in [-0.15, -0.1) is 0 Å². The Hall–Kier alpha value is -1.72. The smallest absolute Gasteiger partial charge is 0.394 e. The quantitative estimate of drug-likeness (QED) is 0.0422. The van der Waals surface area contributed by atoms with Gasteiger partial charge in [0.05, 0.1) is 25.4 Å². The molecule has 0 aromatic rings. The SMILES string of the molecule is CCCCC/C=C/CC/C=C/C(O)C(COC1OC(CO)C(O)C(OS(=O)(=O)O)C1O)NC(=O)C(O)CC/C=C\CCCCCC. The van der Waals surface area contributed by atoms with Gasteiger partial charge >= 0.3 is 10.4 Å². The molecule has 1 fully saturated rings. The van der Waals surface area contributed by atoms with Crippen molar-refractivity contribution in [3.63, 3.8) is 0 Å². The minimum atomic E-state index is -5.11. The standard InChI is InChI=1S/C32H57NO12S/c1-3-5-7-9-11-13-15-16-18-20-25(35)24(33-31(39)26(36)21-19-17-14-12-10-8-6-4-2)23-43-32-29(38)30(45-46(40,41)42)28(37)27(22-34)44-32/h11,13-14,17-18,20,24-30,32,34-38H,3-10,12,15-16,19,21-23H2,1-2H3,(H,33,39)(H,40,41,42)/b13-11+,17-14-,20-18+. The van der Waals surface area contributed by atoms with Crippen molar-refractivity contribution >= 4 is 16.3 Å². The molecule has 8 atom stereocenters. The third kappa shape index (κ3) is 18.0. The number of nitrogens with one attached hydrogen (secondary N) is 1. The van der Waals surface area contributed by atoms with E-state index in [-0.39, 0.29) is 6.42 Å². The Labute approximate surface area is 274 Å². The lowest BCUT2D eigenvalue weighted by Crippen LogP contribution is -2.61. The van der Waals surface area contributed by atoms with Crippen LogP contribution in [-0.2, 0) is 28.9 Å². The van der Waals surface area contributed by atoms with Crippen LogP contribution in [0.5, 0.6) is 0 Å². The second kappa shape index (κ2) is 24.4. The zero-order valence-corrected chi connectivity index (χ0v) is 28.0. The summed E-state index contributed by atoms with van der Waals surface area (Å²) in [6.45, 7) is 2.99. The highest BCUT2D eigenvalue weighted by atomic mass is 32.3. The summed E-state index contributed by atoms with van der Waals surface area (Å²) in [5.74, 6) is -0.756. The largest absolute Gasteiger partial charge is 0.397 e. The van der Waals surface area contributed by atoms with Crippen LogP contribution in [0.3, 0.4) is 0 Å². The van der Waals surface area contributed by atoms with Crippen LogP contribution in [0.25, 0.3) is 0 Å². The first-order valence-corrected chi connectivity index (χ1v) is 17.8. The molecule has 0 spiro atoms. The van der Waals surface area contributed by atoms with Crippen molar-refractivity contribution in [1.82, 2.24) is 5.32 Å². The second-order valence-corrected chi connectivity index (χ2v) is 12.6. The molecule has 268 valence electrons. The van der Waals surface area contributed by atoms with Gasteiger partial charge in [0, 0.05) is 0 Å². The molecular weight excluding hydrogens is 622 g/mol. The van der Waals surface area contributed by atoms with Crippen molar-refractivity contribution in [2.45, 2.75) is 146 Å². The molecule has 1 aliphatic rings. The molecule has 8 unspecified atom stereocenters. The fourth-order valence-corrected chi connectivity index (χ4v) is 5.28. The van der Waals surface area contributed by atoms with Gasteiger partial charge in [-0.1, -0.05) is 82.4 Å². The summed E-state index contributed by atoms with van der Waals surface area (Å²) in [5, 5.41) is 54.3. The van der Waals surface area contributed by atoms with Crippen LogP contribution >= 0.6 is 0 Å². The molecule has 0 aromatic carbocycles. The molecule has 1 rings (SSSR count). The molecule has 7 N–H and O–H groups in total. The summed E-state index contributed by atoms with van der Waals surface area (Å²) < 4.78 is 46.9. The van der Waals surface area contributed by atoms with E-state index in [1.807, 2.05) is 12.2 Å². The first-order chi connectivity index (χ1) is 21.9. The lowest BCUT2D eigenvalue weighted by atomic mass is 9.99. The fourth-order valence-electron chi connectivity index (χ4n) is 4.77. The number of rotatable bonds is 25. The third-order valence-electron chi connectivity index (χ3n) is 7.51. The number of hydrogen-bond acceptors (Lipinski definition) is 11. The van der Waals surface area contributed by atoms with Crippen LogP contribution in [0.1, 0.15) is 97.3 Å². The van der Waals surface area contributed by atoms with Gasteiger partial charge in [0.25, 0.3) is 0 Å². The van der Waals surface area contributed by atoms with Gasteiger partial charge < -0.3 is 40.3 Å². The number of amides is 1. The van der Waals surface area contributed by atoms with Gasteiger partial charge in [-0.05, 0) is 51.4 Å². The highest BCUT2D eigenvalue weighted by Gasteiger charge is 2.48. The van der Waals surface area contributed by atoms with Crippen molar-refractivity contribution in [2.24, 2.45) is 0 Å². The topological polar surface area (TPSA) is 212 Å². The van der Waals surface area contributed by atoms with Crippen LogP contribution in [0.2, 0.25) is 0 Å². The number of hydrogen-bond donors (Lipinski definition) is 7. The van der Waals surface area contributed by atoms with Crippen molar-refractivity contribution in [3.05, 3.63) is 36.5 Å². The summed E-state index contributed by atoms with van der Waals surface area (Å²) in [7, 11) is -5.11. The van der Waals surface area contributed by atoms with E-state index in [0.29, 0.717) is 12.8 Å². The van der Waals surface area contributed by atoms with E-state index in [4.69, 9.17) is 14.0 Å². The van der Waals surface area contributed by atoms with E-state index >= 15 is 0 Å². The van der Waals surface area contributed by atoms with E-state index in [1.54, 1.807) is 6.08 Å². The molecule has 14 heteroatoms. The molecule has 1 heterocycles. The Kier molecular flexibility index (Phi) is 22.5. The number of aliphatic hydroxyl groups excluding tert-OH is 5. The molecule has 0 saturated carbocycles. The average Bonchev–Trinajstić information content (AvgIpc) is 3.01. The van der Waals surface area contributed by atoms with Gasteiger partial charge in [-0.25, -0.2) is 4.18 Å². The number of aliphatic hydroxyl groups is 5. The normalized spacial score (nSPS) is 24.6. The lowest BCUT2D eigenvalue weighted by Gasteiger charge is -2.41. The second-order valence-electron chi connectivity index (χ2n) is 11.5. The Balaban J connectivity index is 2.88. The van der Waals surface area contributed by atoms with Gasteiger partial charge in [0.15, 0.2) is 6.29 Å². The predicted molar refractivity (Wildman–Crippen MR) is 173 cm³/mol. The predicted octanol–water partition coefficient (Wildman–Crippen LogP) is 2.62. The minimum Gasteiger partial charge on any atom is -0.394 e. The maximum absolute atomic E-state index is 12.8. The van der Waals surface area contributed by atoms with Crippen molar-refractivity contribution < 1.29 is 57.0 Å². The van der Waals surface area contributed by atoms with Gasteiger partial charge in [0.2, 0.25) is 5.91 Å². The van der Waals surface area contributed by atoms with Crippen molar-refractivity contribution in [1.29, 1.82) is 0 Å². The van der Waals surface area contributed by atoms with Crippen LogP contribution in [-0.4, -0.2) is 107 Å². The molecule has 13 nitrogen and oxygen atoms in total. The summed E-state index contributed by atoms with van der Waals surface area (Å²) in [4.78, 5) is 12.8. The Morgan fingerprint density at radius 1 is 0.870 bits per heavy atom. The number of carbonyl (C=O) groups is 1. The molecule has 0 radical (unpaired) electrons. The van der Waals surface area contributed by atoms with Crippen molar-refractivity contribution in [2.75, 3.05) is 13.2 Å². The lowest BCUT2D eigenvalue weighted by molar-refractivity contribution is -0.298. The summed E-state index contributed by atoms with van der Waals surface area (Å²) >= 11 is 0. The van der Waals surface area contributed by atoms with Gasteiger partial charge in [-0.2, -0.15) is 8.42 Å². The zero-order chi connectivity index (χ0) is 34.4. The molecule has 1 amide bonds. The van der Waals surface area contributed by atoms with E-state index < -0.39 is 78.5 Å². The molecule has 46 heavy (non-hydrogen) atoms. The maximum atomic E-state index is 12.8. The fraction of sp³-hybridized carbons (Fsp3) is 0.781. The molecular formula is C32H57NO12S. The van der Waals surface area contributed by atoms with Gasteiger partial charge in [0.1, 0.15) is 30.5 Å². The molecule has 0 aromatic heterocycles. The van der Waals surface area contributed by atoms with E-state index in [9.17, 15) is 38.7 Å². The zero-order valence-electron chi connectivity index (χ0n) is 27.2. The Morgan fingerprint density at radius 3 is 2.09 bits per heavy atom. The van der Waals surface area contributed by atoms with Gasteiger partial charge in [-0.3, -0.25) is 9.35 Å². The molecule has 0 bridgehead atoms. The monoisotopic (exact) mass is 679 g/mol. The molecule has 1 aliphatic heterocycles. The number of carbonyl (C=O) groups excluding carboxylic acids is 1. The number of allylic oxidation sites excluding steroid dienone is 5. The van der Waals surface area contributed by atoms with Crippen LogP contribution in [0, 0.1) is 0 Å². The molecule has 1 saturated heterocycles. The number of unbranched alkanes of at least 4 members (excludes halogenated alkanes) is 8. The maximum Gasteiger partial charge on any atom is 0.397 e. The van der Waals surface area contributed by atoms with Crippen LogP contribution in [0.4, 0.5) is 0 Å². The van der Waals surface area contributed by atoms with E-state index in [2.05, 4.69) is 35.5 Å². The van der Waals surface area contributed by atoms with E-state index in [1.165, 1.54) is 18.9 Å². The average molecular weight is 680 g/mol. The van der Waals surface area contributed by atoms with Crippen LogP contribution < -0.4 is 5.32 Å². The van der Waals surface area contributed by atoms with E-state index in [0.717, 1.165) is 51.4 Å². The first kappa shape index (κ1) is 42.3. The summed E-state index contributed by atoms with van der Waals surface area (Å²) in [6.07, 6.45) is 11.7. The first-order valence-electron chi connectivity index (χ1n) is 16.5. The summed E-state index contributed by atoms with van der Waals surface area (Å²) in [6, 6.07) is -1.15.